The van der Waals surface area contributed by atoms with Crippen molar-refractivity contribution in [2.24, 2.45) is 0 Å². The number of carboxylic acid groups (broad SMARTS) is 1. The van der Waals surface area contributed by atoms with Crippen LogP contribution in [0.1, 0.15) is 15.9 Å². The number of ether oxygens (including phenoxy) is 1. The zero-order chi connectivity index (χ0) is 14.0. The Morgan fingerprint density at radius 3 is 2.58 bits per heavy atom. The second kappa shape index (κ2) is 5.10. The van der Waals surface area contributed by atoms with Crippen LogP contribution in [0.25, 0.3) is 11.1 Å². The van der Waals surface area contributed by atoms with Gasteiger partial charge in [-0.15, -0.1) is 0 Å². The van der Waals surface area contributed by atoms with Crippen molar-refractivity contribution in [2.45, 2.75) is 6.92 Å². The molecule has 3 nitrogen and oxygen atoms in total. The molecule has 0 unspecified atom stereocenters. The summed E-state index contributed by atoms with van der Waals surface area (Å²) in [6, 6.07) is 9.21. The first kappa shape index (κ1) is 13.1. The van der Waals surface area contributed by atoms with Crippen molar-refractivity contribution in [2.75, 3.05) is 7.11 Å². The van der Waals surface area contributed by atoms with Crippen LogP contribution in [0.2, 0.25) is 0 Å². The Morgan fingerprint density at radius 2 is 1.95 bits per heavy atom. The normalized spacial score (nSPS) is 10.3. The van der Waals surface area contributed by atoms with Gasteiger partial charge in [0.05, 0.1) is 12.7 Å². The molecule has 0 bridgehead atoms. The van der Waals surface area contributed by atoms with Gasteiger partial charge in [0, 0.05) is 5.56 Å². The number of carbonyl (C=O) groups is 1. The third kappa shape index (κ3) is 2.42. The van der Waals surface area contributed by atoms with E-state index < -0.39 is 5.97 Å². The molecular formula is C15H13FO3. The molecule has 0 radical (unpaired) electrons. The van der Waals surface area contributed by atoms with Gasteiger partial charge in [0.15, 0.2) is 0 Å². The molecule has 2 aromatic carbocycles. The van der Waals surface area contributed by atoms with E-state index in [9.17, 15) is 9.18 Å². The smallest absolute Gasteiger partial charge is 0.335 e. The quantitative estimate of drug-likeness (QED) is 0.918. The lowest BCUT2D eigenvalue weighted by Crippen LogP contribution is -1.99. The van der Waals surface area contributed by atoms with Crippen LogP contribution in [0.15, 0.2) is 36.4 Å². The molecule has 0 saturated carbocycles. The Balaban J connectivity index is 2.68. The molecular weight excluding hydrogens is 247 g/mol. The molecule has 2 rings (SSSR count). The van der Waals surface area contributed by atoms with Crippen LogP contribution < -0.4 is 4.74 Å². The molecule has 0 amide bonds. The second-order valence-corrected chi connectivity index (χ2v) is 4.13. The molecule has 0 fully saturated rings. The second-order valence-electron chi connectivity index (χ2n) is 4.13. The van der Waals surface area contributed by atoms with Crippen molar-refractivity contribution in [3.63, 3.8) is 0 Å². The molecule has 4 heteroatoms. The molecule has 0 atom stereocenters. The van der Waals surface area contributed by atoms with Gasteiger partial charge in [-0.25, -0.2) is 9.18 Å². The summed E-state index contributed by atoms with van der Waals surface area (Å²) in [5.41, 5.74) is 1.79. The zero-order valence-electron chi connectivity index (χ0n) is 10.6. The Labute approximate surface area is 110 Å². The third-order valence-corrected chi connectivity index (χ3v) is 3.00. The summed E-state index contributed by atoms with van der Waals surface area (Å²) in [6.45, 7) is 1.65. The minimum atomic E-state index is -1.03. The number of rotatable bonds is 3. The van der Waals surface area contributed by atoms with Gasteiger partial charge in [-0.2, -0.15) is 0 Å². The first-order valence-electron chi connectivity index (χ1n) is 5.71. The number of methoxy groups -OCH3 is 1. The van der Waals surface area contributed by atoms with Crippen molar-refractivity contribution >= 4 is 5.97 Å². The number of halogens is 1. The van der Waals surface area contributed by atoms with Gasteiger partial charge in [-0.3, -0.25) is 0 Å². The van der Waals surface area contributed by atoms with E-state index in [1.807, 2.05) is 0 Å². The zero-order valence-corrected chi connectivity index (χ0v) is 10.6. The van der Waals surface area contributed by atoms with Crippen molar-refractivity contribution in [3.05, 3.63) is 53.3 Å². The SMILES string of the molecule is COc1ccc(C(=O)O)cc1-c1cccc(F)c1C. The fourth-order valence-corrected chi connectivity index (χ4v) is 1.95. The predicted octanol–water partition coefficient (Wildman–Crippen LogP) is 3.51. The van der Waals surface area contributed by atoms with Gasteiger partial charge in [-0.05, 0) is 42.3 Å². The van der Waals surface area contributed by atoms with Crippen LogP contribution in [0, 0.1) is 12.7 Å². The molecule has 1 N–H and O–H groups in total. The molecule has 0 heterocycles. The predicted molar refractivity (Wildman–Crippen MR) is 70.1 cm³/mol. The van der Waals surface area contributed by atoms with Crippen LogP contribution >= 0.6 is 0 Å². The van der Waals surface area contributed by atoms with Crippen LogP contribution in [0.5, 0.6) is 5.75 Å². The molecule has 0 saturated heterocycles. The van der Waals surface area contributed by atoms with E-state index in [2.05, 4.69) is 0 Å². The third-order valence-electron chi connectivity index (χ3n) is 3.00. The maximum absolute atomic E-state index is 13.6. The minimum absolute atomic E-state index is 0.138. The molecule has 2 aromatic rings. The summed E-state index contributed by atoms with van der Waals surface area (Å²) < 4.78 is 18.8. The lowest BCUT2D eigenvalue weighted by molar-refractivity contribution is 0.0697. The molecule has 0 aliphatic rings. The summed E-state index contributed by atoms with van der Waals surface area (Å²) in [4.78, 5) is 11.0. The number of benzene rings is 2. The van der Waals surface area contributed by atoms with Crippen molar-refractivity contribution < 1.29 is 19.0 Å². The first-order chi connectivity index (χ1) is 9.04. The lowest BCUT2D eigenvalue weighted by atomic mass is 9.97. The van der Waals surface area contributed by atoms with Crippen LogP contribution in [-0.4, -0.2) is 18.2 Å². The molecule has 0 spiro atoms. The highest BCUT2D eigenvalue weighted by Gasteiger charge is 2.13. The fourth-order valence-electron chi connectivity index (χ4n) is 1.95. The van der Waals surface area contributed by atoms with Crippen LogP contribution in [0.4, 0.5) is 4.39 Å². The molecule has 0 aliphatic carbocycles. The Bertz CT molecular complexity index is 635. The van der Waals surface area contributed by atoms with Gasteiger partial charge in [0.2, 0.25) is 0 Å². The van der Waals surface area contributed by atoms with E-state index in [0.29, 0.717) is 22.4 Å². The average Bonchev–Trinajstić information content (AvgIpc) is 2.41. The molecule has 0 aromatic heterocycles. The van der Waals surface area contributed by atoms with Gasteiger partial charge in [0.1, 0.15) is 11.6 Å². The Kier molecular flexibility index (Phi) is 3.51. The first-order valence-corrected chi connectivity index (χ1v) is 5.71. The van der Waals surface area contributed by atoms with E-state index in [1.54, 1.807) is 25.1 Å². The van der Waals surface area contributed by atoms with Crippen molar-refractivity contribution in [1.82, 2.24) is 0 Å². The summed E-state index contributed by atoms with van der Waals surface area (Å²) in [6.07, 6.45) is 0. The standard InChI is InChI=1S/C15H13FO3/c1-9-11(4-3-5-13(9)16)12-8-10(15(17)18)6-7-14(12)19-2/h3-8H,1-2H3,(H,17,18). The van der Waals surface area contributed by atoms with Crippen molar-refractivity contribution in [3.8, 4) is 16.9 Å². The van der Waals surface area contributed by atoms with Crippen LogP contribution in [0.3, 0.4) is 0 Å². The summed E-state index contributed by atoms with van der Waals surface area (Å²) in [7, 11) is 1.49. The Hall–Kier alpha value is -2.36. The van der Waals surface area contributed by atoms with Gasteiger partial charge >= 0.3 is 5.97 Å². The summed E-state index contributed by atoms with van der Waals surface area (Å²) in [5.74, 6) is -0.850. The van der Waals surface area contributed by atoms with Gasteiger partial charge in [-0.1, -0.05) is 12.1 Å². The number of hydrogen-bond acceptors (Lipinski definition) is 2. The highest BCUT2D eigenvalue weighted by Crippen LogP contribution is 2.33. The molecule has 19 heavy (non-hydrogen) atoms. The number of carboxylic acids is 1. The van der Waals surface area contributed by atoms with E-state index in [4.69, 9.17) is 9.84 Å². The lowest BCUT2D eigenvalue weighted by Gasteiger charge is -2.12. The number of hydrogen-bond donors (Lipinski definition) is 1. The van der Waals surface area contributed by atoms with E-state index >= 15 is 0 Å². The maximum atomic E-state index is 13.6. The fraction of sp³-hybridized carbons (Fsp3) is 0.133. The van der Waals surface area contributed by atoms with E-state index in [0.717, 1.165) is 0 Å². The highest BCUT2D eigenvalue weighted by molar-refractivity contribution is 5.90. The molecule has 0 aliphatic heterocycles. The summed E-state index contributed by atoms with van der Waals surface area (Å²) in [5, 5.41) is 9.03. The molecule has 98 valence electrons. The van der Waals surface area contributed by atoms with E-state index in [1.165, 1.54) is 25.3 Å². The maximum Gasteiger partial charge on any atom is 0.335 e. The minimum Gasteiger partial charge on any atom is -0.496 e. The monoisotopic (exact) mass is 260 g/mol. The Morgan fingerprint density at radius 1 is 1.21 bits per heavy atom. The topological polar surface area (TPSA) is 46.5 Å². The average molecular weight is 260 g/mol. The van der Waals surface area contributed by atoms with Gasteiger partial charge in [0.25, 0.3) is 0 Å². The highest BCUT2D eigenvalue weighted by atomic mass is 19.1. The van der Waals surface area contributed by atoms with E-state index in [-0.39, 0.29) is 11.4 Å². The number of aromatic carboxylic acids is 1. The van der Waals surface area contributed by atoms with Crippen molar-refractivity contribution in [1.29, 1.82) is 0 Å². The summed E-state index contributed by atoms with van der Waals surface area (Å²) >= 11 is 0. The largest absolute Gasteiger partial charge is 0.496 e. The van der Waals surface area contributed by atoms with Gasteiger partial charge < -0.3 is 9.84 Å². The van der Waals surface area contributed by atoms with Crippen LogP contribution in [-0.2, 0) is 0 Å².